The number of methoxy groups -OCH3 is 2. The Labute approximate surface area is 413 Å². The zero-order valence-corrected chi connectivity index (χ0v) is 44.3. The van der Waals surface area contributed by atoms with E-state index in [1.165, 1.54) is 4.57 Å². The molecule has 0 bridgehead atoms. The minimum atomic E-state index is -4.35. The Hall–Kier alpha value is -5.47. The van der Waals surface area contributed by atoms with Crippen LogP contribution in [0.25, 0.3) is 0 Å². The van der Waals surface area contributed by atoms with Crippen LogP contribution in [0.3, 0.4) is 0 Å². The van der Waals surface area contributed by atoms with Crippen LogP contribution < -0.4 is 20.5 Å². The van der Waals surface area contributed by atoms with Gasteiger partial charge in [0, 0.05) is 29.4 Å². The molecule has 5 atom stereocenters. The molecule has 0 saturated carbocycles. The summed E-state index contributed by atoms with van der Waals surface area (Å²) in [6.45, 7) is 19.3. The van der Waals surface area contributed by atoms with E-state index in [1.54, 1.807) is 62.3 Å². The number of benzene rings is 4. The SMILES string of the molecule is COc1ccc(C(OC[C@H]2O[C@@H](n3cc(C)c(NC(=O)c4ccccc4)nc3=O)[C@H](O[Si](C)(C)C(C)(C)C)[C@@H]2OP(=O)(OCCC#N)N(C(C)C)C(C)C)(c2ccccc2)c2ccc(OC)cc2)cc1. The Morgan fingerprint density at radius 3 is 1.89 bits per heavy atom. The monoisotopic (exact) mass is 993 g/mol. The summed E-state index contributed by atoms with van der Waals surface area (Å²) in [5.74, 6) is 0.939. The van der Waals surface area contributed by atoms with Crippen LogP contribution in [0.5, 0.6) is 11.5 Å². The van der Waals surface area contributed by atoms with Crippen LogP contribution in [-0.4, -0.2) is 86.3 Å². The minimum Gasteiger partial charge on any atom is -0.497 e. The van der Waals surface area contributed by atoms with E-state index in [0.717, 1.165) is 16.7 Å². The molecule has 1 aromatic heterocycles. The third kappa shape index (κ3) is 11.8. The Morgan fingerprint density at radius 2 is 1.39 bits per heavy atom. The molecule has 1 N–H and O–H groups in total. The molecule has 1 saturated heterocycles. The first-order valence-corrected chi connectivity index (χ1v) is 28.0. The fourth-order valence-electron chi connectivity index (χ4n) is 8.44. The molecule has 15 nitrogen and oxygen atoms in total. The number of aromatic nitrogens is 2. The van der Waals surface area contributed by atoms with Crippen LogP contribution in [0.1, 0.15) is 93.7 Å². The highest BCUT2D eigenvalue weighted by atomic mass is 31.2. The molecule has 1 fully saturated rings. The smallest absolute Gasteiger partial charge is 0.409 e. The number of ether oxygens (including phenoxy) is 4. The molecule has 0 aliphatic carbocycles. The largest absolute Gasteiger partial charge is 0.497 e. The van der Waals surface area contributed by atoms with Crippen molar-refractivity contribution >= 4 is 27.8 Å². The second kappa shape index (κ2) is 22.7. The van der Waals surface area contributed by atoms with E-state index in [-0.39, 0.29) is 42.6 Å². The molecular weight excluding hydrogens is 926 g/mol. The molecule has 4 aromatic carbocycles. The standard InChI is InChI=1S/C53H68N5O10PSi/c1-36(2)58(37(3)4)69(61,65-33-19-32-54)67-46-45(35-64-53(40-22-17-14-18-23-40,41-24-28-43(62-9)29-25-41)42-26-30-44(63-10)31-27-42)66-50(47(46)68-70(11,12)52(6,7)8)57-34-38(5)48(56-51(57)60)55-49(59)39-20-15-13-16-21-39/h13-18,20-31,34,36-37,45-47,50H,19,33,35H2,1-12H3,(H,55,56,59,60)/t45-,46-,47-,50-,69?/m1/s1. The van der Waals surface area contributed by atoms with Crippen molar-refractivity contribution in [1.82, 2.24) is 14.2 Å². The van der Waals surface area contributed by atoms with Crippen LogP contribution in [-0.2, 0) is 33.1 Å². The highest BCUT2D eigenvalue weighted by molar-refractivity contribution is 7.51. The summed E-state index contributed by atoms with van der Waals surface area (Å²) in [4.78, 5) is 32.2. The van der Waals surface area contributed by atoms with E-state index in [0.29, 0.717) is 22.6 Å². The second-order valence-corrected chi connectivity index (χ2v) is 26.0. The first kappa shape index (κ1) is 53.9. The van der Waals surface area contributed by atoms with Gasteiger partial charge in [0.05, 0.1) is 39.9 Å². The van der Waals surface area contributed by atoms with Crippen molar-refractivity contribution in [2.45, 2.75) is 122 Å². The van der Waals surface area contributed by atoms with E-state index in [1.807, 2.05) is 107 Å². The molecule has 0 spiro atoms. The Kier molecular flexibility index (Phi) is 17.5. The van der Waals surface area contributed by atoms with Gasteiger partial charge in [0.25, 0.3) is 5.91 Å². The zero-order valence-electron chi connectivity index (χ0n) is 42.4. The lowest BCUT2D eigenvalue weighted by Gasteiger charge is -2.42. The van der Waals surface area contributed by atoms with Crippen molar-refractivity contribution in [3.8, 4) is 17.6 Å². The van der Waals surface area contributed by atoms with E-state index in [9.17, 15) is 14.9 Å². The van der Waals surface area contributed by atoms with Gasteiger partial charge in [0.15, 0.2) is 14.5 Å². The first-order valence-electron chi connectivity index (χ1n) is 23.6. The molecule has 17 heteroatoms. The Balaban J connectivity index is 1.57. The van der Waals surface area contributed by atoms with Gasteiger partial charge in [0.2, 0.25) is 0 Å². The van der Waals surface area contributed by atoms with Gasteiger partial charge in [-0.3, -0.25) is 18.4 Å². The quantitative estimate of drug-likeness (QED) is 0.0319. The summed E-state index contributed by atoms with van der Waals surface area (Å²) in [7, 11) is -3.97. The van der Waals surface area contributed by atoms with Gasteiger partial charge in [-0.2, -0.15) is 10.2 Å². The summed E-state index contributed by atoms with van der Waals surface area (Å²) in [6.07, 6.45) is -3.13. The number of hydrogen-bond donors (Lipinski definition) is 1. The number of rotatable bonds is 21. The Morgan fingerprint density at radius 1 is 0.857 bits per heavy atom. The number of nitrogens with zero attached hydrogens (tertiary/aromatic N) is 4. The number of hydrogen-bond acceptors (Lipinski definition) is 12. The van der Waals surface area contributed by atoms with Crippen molar-refractivity contribution in [2.24, 2.45) is 0 Å². The van der Waals surface area contributed by atoms with E-state index in [2.05, 4.69) is 50.2 Å². The molecular formula is C53H68N5O10PSi. The van der Waals surface area contributed by atoms with Gasteiger partial charge in [-0.25, -0.2) is 14.0 Å². The maximum absolute atomic E-state index is 15.8. The highest BCUT2D eigenvalue weighted by Crippen LogP contribution is 2.58. The molecule has 5 aromatic rings. The highest BCUT2D eigenvalue weighted by Gasteiger charge is 2.56. The van der Waals surface area contributed by atoms with Crippen LogP contribution in [0, 0.1) is 18.3 Å². The van der Waals surface area contributed by atoms with Crippen molar-refractivity contribution in [1.29, 1.82) is 5.26 Å². The Bertz CT molecular complexity index is 2620. The number of anilines is 1. The van der Waals surface area contributed by atoms with E-state index < -0.39 is 57.8 Å². The average molecular weight is 994 g/mol. The number of carbonyl (C=O) groups is 1. The van der Waals surface area contributed by atoms with Crippen LogP contribution in [0.2, 0.25) is 18.1 Å². The molecule has 70 heavy (non-hydrogen) atoms. The summed E-state index contributed by atoms with van der Waals surface area (Å²) in [5, 5.41) is 12.0. The number of nitriles is 1. The number of carbonyl (C=O) groups excluding carboxylic acids is 1. The third-order valence-electron chi connectivity index (χ3n) is 12.9. The molecule has 2 heterocycles. The molecule has 1 unspecified atom stereocenters. The fraction of sp³-hybridized carbons (Fsp3) is 0.434. The van der Waals surface area contributed by atoms with Crippen molar-refractivity contribution in [3.63, 3.8) is 0 Å². The predicted molar refractivity (Wildman–Crippen MR) is 273 cm³/mol. The number of nitrogens with one attached hydrogen (secondary N) is 1. The number of amides is 1. The van der Waals surface area contributed by atoms with Crippen LogP contribution in [0.15, 0.2) is 120 Å². The van der Waals surface area contributed by atoms with Gasteiger partial charge in [-0.1, -0.05) is 93.6 Å². The van der Waals surface area contributed by atoms with Crippen LogP contribution in [0.4, 0.5) is 5.82 Å². The zero-order chi connectivity index (χ0) is 51.0. The molecule has 1 aliphatic heterocycles. The normalized spacial score (nSPS) is 18.4. The second-order valence-electron chi connectivity index (χ2n) is 19.4. The first-order chi connectivity index (χ1) is 33.2. The maximum atomic E-state index is 15.8. The van der Waals surface area contributed by atoms with Gasteiger partial charge < -0.3 is 28.7 Å². The van der Waals surface area contributed by atoms with Gasteiger partial charge in [-0.05, 0) is 106 Å². The fourth-order valence-corrected chi connectivity index (χ4v) is 12.0. The lowest BCUT2D eigenvalue weighted by molar-refractivity contribution is -0.0952. The van der Waals surface area contributed by atoms with Gasteiger partial charge >= 0.3 is 13.4 Å². The maximum Gasteiger partial charge on any atom is 0.409 e. The lowest BCUT2D eigenvalue weighted by Crippen LogP contribution is -2.51. The lowest BCUT2D eigenvalue weighted by atomic mass is 9.80. The summed E-state index contributed by atoms with van der Waals surface area (Å²) >= 11 is 0. The summed E-state index contributed by atoms with van der Waals surface area (Å²) < 4.78 is 65.1. The van der Waals surface area contributed by atoms with Crippen molar-refractivity contribution in [2.75, 3.05) is 32.8 Å². The van der Waals surface area contributed by atoms with Gasteiger partial charge in [0.1, 0.15) is 41.2 Å². The molecule has 374 valence electrons. The topological polar surface area (TPSA) is 173 Å². The molecule has 0 radical (unpaired) electrons. The van der Waals surface area contributed by atoms with E-state index in [4.69, 9.17) is 32.4 Å². The molecule has 6 rings (SSSR count). The molecule has 1 amide bonds. The van der Waals surface area contributed by atoms with E-state index >= 15 is 4.57 Å². The van der Waals surface area contributed by atoms with Crippen LogP contribution >= 0.6 is 7.75 Å². The van der Waals surface area contributed by atoms with Gasteiger partial charge in [-0.15, -0.1) is 0 Å². The molecule has 1 aliphatic rings. The van der Waals surface area contributed by atoms with Crippen molar-refractivity contribution in [3.05, 3.63) is 154 Å². The predicted octanol–water partition coefficient (Wildman–Crippen LogP) is 10.7. The third-order valence-corrected chi connectivity index (χ3v) is 19.9. The number of aryl methyl sites for hydroxylation is 1. The summed E-state index contributed by atoms with van der Waals surface area (Å²) in [6, 6.07) is 35.1. The summed E-state index contributed by atoms with van der Waals surface area (Å²) in [5.41, 5.74) is 1.10. The minimum absolute atomic E-state index is 0.0472. The average Bonchev–Trinajstić information content (AvgIpc) is 3.64. The van der Waals surface area contributed by atoms with Crippen molar-refractivity contribution < 1.29 is 41.8 Å².